The second-order valence-electron chi connectivity index (χ2n) is 6.77. The molecule has 0 radical (unpaired) electrons. The van der Waals surface area contributed by atoms with Crippen molar-refractivity contribution in [1.29, 1.82) is 0 Å². The summed E-state index contributed by atoms with van der Waals surface area (Å²) in [5, 5.41) is 0. The van der Waals surface area contributed by atoms with Gasteiger partial charge in [-0.25, -0.2) is 0 Å². The van der Waals surface area contributed by atoms with E-state index < -0.39 is 17.7 Å². The molecule has 1 aromatic heterocycles. The zero-order valence-corrected chi connectivity index (χ0v) is 16.6. The third-order valence-corrected chi connectivity index (χ3v) is 5.81. The number of hydrogen-bond acceptors (Lipinski definition) is 3. The summed E-state index contributed by atoms with van der Waals surface area (Å²) >= 11 is 7.28. The number of nitrogens with zero attached hydrogens (tertiary/aromatic N) is 2. The third kappa shape index (κ3) is 4.86. The number of carbonyl (C=O) groups is 2. The van der Waals surface area contributed by atoms with E-state index >= 15 is 0 Å². The predicted octanol–water partition coefficient (Wildman–Crippen LogP) is 4.43. The number of thiophene rings is 1. The van der Waals surface area contributed by atoms with Crippen LogP contribution in [0, 0.1) is 5.92 Å². The average Bonchev–Trinajstić information content (AvgIpc) is 3.19. The van der Waals surface area contributed by atoms with Crippen molar-refractivity contribution >= 4 is 34.8 Å². The molecular formula is C19H18ClF3N2O2S. The maximum atomic E-state index is 12.9. The number of hydrogen-bond donors (Lipinski definition) is 0. The SMILES string of the molecule is CN(Cc1ccc(Cl)s1)C(=O)C1CC(=O)N(Cc2cccc(C(F)(F)F)c2)C1. The Kier molecular flexibility index (Phi) is 6.00. The van der Waals surface area contributed by atoms with Crippen LogP contribution in [0.5, 0.6) is 0 Å². The Morgan fingerprint density at radius 3 is 2.71 bits per heavy atom. The summed E-state index contributed by atoms with van der Waals surface area (Å²) in [6.07, 6.45) is -4.37. The van der Waals surface area contributed by atoms with Crippen molar-refractivity contribution in [2.24, 2.45) is 5.92 Å². The van der Waals surface area contributed by atoms with Gasteiger partial charge >= 0.3 is 6.18 Å². The van der Waals surface area contributed by atoms with Crippen molar-refractivity contribution in [3.05, 3.63) is 56.7 Å². The molecule has 1 unspecified atom stereocenters. The van der Waals surface area contributed by atoms with Crippen LogP contribution in [0.2, 0.25) is 4.34 Å². The van der Waals surface area contributed by atoms with Crippen LogP contribution in [0.25, 0.3) is 0 Å². The summed E-state index contributed by atoms with van der Waals surface area (Å²) < 4.78 is 39.2. The van der Waals surface area contributed by atoms with Gasteiger partial charge in [0, 0.05) is 31.4 Å². The molecule has 1 saturated heterocycles. The van der Waals surface area contributed by atoms with E-state index in [1.807, 2.05) is 6.07 Å². The molecule has 0 saturated carbocycles. The second kappa shape index (κ2) is 8.13. The third-order valence-electron chi connectivity index (χ3n) is 4.59. The van der Waals surface area contributed by atoms with Crippen LogP contribution in [-0.2, 0) is 28.9 Å². The minimum absolute atomic E-state index is 0.0524. The van der Waals surface area contributed by atoms with Crippen molar-refractivity contribution in [3.8, 4) is 0 Å². The van der Waals surface area contributed by atoms with Gasteiger partial charge in [0.1, 0.15) is 0 Å². The van der Waals surface area contributed by atoms with E-state index in [2.05, 4.69) is 0 Å². The summed E-state index contributed by atoms with van der Waals surface area (Å²) in [7, 11) is 1.66. The fraction of sp³-hybridized carbons (Fsp3) is 0.368. The predicted molar refractivity (Wildman–Crippen MR) is 101 cm³/mol. The van der Waals surface area contributed by atoms with Gasteiger partial charge in [0.15, 0.2) is 0 Å². The topological polar surface area (TPSA) is 40.6 Å². The lowest BCUT2D eigenvalue weighted by Crippen LogP contribution is -2.34. The van der Waals surface area contributed by atoms with Crippen LogP contribution in [0.1, 0.15) is 22.4 Å². The Morgan fingerprint density at radius 1 is 1.32 bits per heavy atom. The van der Waals surface area contributed by atoms with Crippen LogP contribution < -0.4 is 0 Å². The van der Waals surface area contributed by atoms with E-state index in [9.17, 15) is 22.8 Å². The fourth-order valence-corrected chi connectivity index (χ4v) is 4.36. The van der Waals surface area contributed by atoms with Crippen molar-refractivity contribution in [1.82, 2.24) is 9.80 Å². The van der Waals surface area contributed by atoms with Crippen molar-refractivity contribution in [2.45, 2.75) is 25.7 Å². The van der Waals surface area contributed by atoms with Gasteiger partial charge in [-0.1, -0.05) is 23.7 Å². The molecule has 1 aliphatic heterocycles. The van der Waals surface area contributed by atoms with E-state index in [1.165, 1.54) is 22.3 Å². The Morgan fingerprint density at radius 2 is 2.07 bits per heavy atom. The van der Waals surface area contributed by atoms with Gasteiger partial charge in [0.05, 0.1) is 22.4 Å². The lowest BCUT2D eigenvalue weighted by atomic mass is 10.1. The monoisotopic (exact) mass is 430 g/mol. The molecule has 9 heteroatoms. The molecule has 4 nitrogen and oxygen atoms in total. The molecule has 0 bridgehead atoms. The standard InChI is InChI=1S/C19H18ClF3N2O2S/c1-24(11-15-5-6-16(20)28-15)18(27)13-8-17(26)25(10-13)9-12-3-2-4-14(7-12)19(21,22)23/h2-7,13H,8-11H2,1H3. The van der Waals surface area contributed by atoms with Gasteiger partial charge in [-0.2, -0.15) is 13.2 Å². The first kappa shape index (κ1) is 20.7. The van der Waals surface area contributed by atoms with E-state index in [0.717, 1.165) is 17.0 Å². The number of amides is 2. The van der Waals surface area contributed by atoms with Crippen LogP contribution in [-0.4, -0.2) is 35.2 Å². The lowest BCUT2D eigenvalue weighted by molar-refractivity contribution is -0.137. The number of benzene rings is 1. The van der Waals surface area contributed by atoms with Crippen LogP contribution in [0.4, 0.5) is 13.2 Å². The maximum absolute atomic E-state index is 12.9. The summed E-state index contributed by atoms with van der Waals surface area (Å²) in [4.78, 5) is 28.9. The summed E-state index contributed by atoms with van der Waals surface area (Å²) in [5.74, 6) is -0.897. The first-order valence-electron chi connectivity index (χ1n) is 8.56. The zero-order chi connectivity index (χ0) is 20.5. The molecule has 3 rings (SSSR count). The van der Waals surface area contributed by atoms with Gasteiger partial charge in [-0.05, 0) is 29.8 Å². The Balaban J connectivity index is 1.62. The number of carbonyl (C=O) groups excluding carboxylic acids is 2. The van der Waals surface area contributed by atoms with E-state index in [4.69, 9.17) is 11.6 Å². The van der Waals surface area contributed by atoms with Gasteiger partial charge in [0.25, 0.3) is 0 Å². The summed E-state index contributed by atoms with van der Waals surface area (Å²) in [6, 6.07) is 8.50. The van der Waals surface area contributed by atoms with Crippen molar-refractivity contribution < 1.29 is 22.8 Å². The van der Waals surface area contributed by atoms with Crippen LogP contribution >= 0.6 is 22.9 Å². The zero-order valence-electron chi connectivity index (χ0n) is 15.0. The number of rotatable bonds is 5. The lowest BCUT2D eigenvalue weighted by Gasteiger charge is -2.21. The van der Waals surface area contributed by atoms with Gasteiger partial charge in [-0.15, -0.1) is 11.3 Å². The molecule has 1 fully saturated rings. The Bertz CT molecular complexity index is 884. The molecule has 1 aromatic carbocycles. The number of halogens is 4. The summed E-state index contributed by atoms with van der Waals surface area (Å²) in [5.41, 5.74) is -0.364. The first-order valence-corrected chi connectivity index (χ1v) is 9.76. The molecule has 0 spiro atoms. The molecule has 2 amide bonds. The molecule has 28 heavy (non-hydrogen) atoms. The molecule has 2 aromatic rings. The maximum Gasteiger partial charge on any atom is 0.416 e. The molecule has 1 aliphatic rings. The van der Waals surface area contributed by atoms with Crippen molar-refractivity contribution in [2.75, 3.05) is 13.6 Å². The Hall–Kier alpha value is -2.06. The largest absolute Gasteiger partial charge is 0.416 e. The van der Waals surface area contributed by atoms with Crippen molar-refractivity contribution in [3.63, 3.8) is 0 Å². The van der Waals surface area contributed by atoms with E-state index in [-0.39, 0.29) is 31.3 Å². The number of likely N-dealkylation sites (tertiary alicyclic amines) is 1. The van der Waals surface area contributed by atoms with Crippen LogP contribution in [0.15, 0.2) is 36.4 Å². The molecule has 0 aliphatic carbocycles. The first-order chi connectivity index (χ1) is 13.1. The normalized spacial score (nSPS) is 17.2. The molecule has 1 atom stereocenters. The highest BCUT2D eigenvalue weighted by Crippen LogP contribution is 2.30. The van der Waals surface area contributed by atoms with Gasteiger partial charge in [-0.3, -0.25) is 9.59 Å². The highest BCUT2D eigenvalue weighted by Gasteiger charge is 2.36. The average molecular weight is 431 g/mol. The minimum atomic E-state index is -4.43. The highest BCUT2D eigenvalue weighted by atomic mass is 35.5. The van der Waals surface area contributed by atoms with E-state index in [0.29, 0.717) is 16.4 Å². The molecule has 2 heterocycles. The van der Waals surface area contributed by atoms with Gasteiger partial charge in [0.2, 0.25) is 11.8 Å². The van der Waals surface area contributed by atoms with E-state index in [1.54, 1.807) is 24.1 Å². The fourth-order valence-electron chi connectivity index (χ4n) is 3.22. The summed E-state index contributed by atoms with van der Waals surface area (Å²) in [6.45, 7) is 0.648. The molecule has 0 N–H and O–H groups in total. The molecular weight excluding hydrogens is 413 g/mol. The Labute approximate surface area is 169 Å². The highest BCUT2D eigenvalue weighted by molar-refractivity contribution is 7.16. The quantitative estimate of drug-likeness (QED) is 0.704. The second-order valence-corrected chi connectivity index (χ2v) is 8.57. The smallest absolute Gasteiger partial charge is 0.340 e. The molecule has 150 valence electrons. The minimum Gasteiger partial charge on any atom is -0.340 e. The van der Waals surface area contributed by atoms with Crippen LogP contribution in [0.3, 0.4) is 0 Å². The van der Waals surface area contributed by atoms with Gasteiger partial charge < -0.3 is 9.80 Å². The number of alkyl halides is 3.